The van der Waals surface area contributed by atoms with Crippen LogP contribution in [-0.4, -0.2) is 11.9 Å². The lowest BCUT2D eigenvalue weighted by atomic mass is 10.2. The molecule has 5 nitrogen and oxygen atoms in total. The minimum Gasteiger partial charge on any atom is -0.422 e. The Kier molecular flexibility index (Phi) is 7.35. The number of rotatable bonds is 4. The Morgan fingerprint density at radius 1 is 1.12 bits per heavy atom. The van der Waals surface area contributed by atoms with Gasteiger partial charge in [-0.1, -0.05) is 42.3 Å². The number of esters is 1. The van der Waals surface area contributed by atoms with Gasteiger partial charge in [0.1, 0.15) is 0 Å². The molecule has 0 bridgehead atoms. The zero-order valence-electron chi connectivity index (χ0n) is 12.6. The number of hydrogen-bond donors (Lipinski definition) is 2. The van der Waals surface area contributed by atoms with Crippen LogP contribution in [0, 0.1) is 0 Å². The number of carbonyl (C=O) groups excluding carboxylic acids is 2. The van der Waals surface area contributed by atoms with Crippen molar-refractivity contribution in [3.63, 3.8) is 0 Å². The topological polar surface area (TPSA) is 81.4 Å². The van der Waals surface area contributed by atoms with Crippen molar-refractivity contribution in [3.05, 3.63) is 52.0 Å². The van der Waals surface area contributed by atoms with E-state index < -0.39 is 11.9 Å². The molecule has 0 atom stereocenters. The average molecular weight is 390 g/mol. The molecular formula is C16H15Cl3N2O3. The molecule has 2 aromatic rings. The molecule has 1 amide bonds. The smallest absolute Gasteiger partial charge is 0.311 e. The van der Waals surface area contributed by atoms with Crippen LogP contribution in [0.25, 0.3) is 0 Å². The molecular weight excluding hydrogens is 375 g/mol. The molecule has 0 aromatic heterocycles. The van der Waals surface area contributed by atoms with E-state index in [1.165, 1.54) is 0 Å². The average Bonchev–Trinajstić information content (AvgIpc) is 2.50. The van der Waals surface area contributed by atoms with Crippen LogP contribution < -0.4 is 15.8 Å². The number of ether oxygens (including phenoxy) is 1. The molecule has 0 saturated heterocycles. The van der Waals surface area contributed by atoms with Gasteiger partial charge in [-0.3, -0.25) is 9.59 Å². The number of nitrogens with one attached hydrogen (secondary N) is 1. The summed E-state index contributed by atoms with van der Waals surface area (Å²) in [5.74, 6) is -0.898. The number of anilines is 2. The van der Waals surface area contributed by atoms with Gasteiger partial charge >= 0.3 is 5.97 Å². The van der Waals surface area contributed by atoms with E-state index in [2.05, 4.69) is 5.32 Å². The van der Waals surface area contributed by atoms with Crippen LogP contribution in [0.2, 0.25) is 10.0 Å². The van der Waals surface area contributed by atoms with Crippen LogP contribution in [0.3, 0.4) is 0 Å². The largest absolute Gasteiger partial charge is 0.422 e. The molecule has 0 fully saturated rings. The van der Waals surface area contributed by atoms with E-state index in [1.54, 1.807) is 43.3 Å². The summed E-state index contributed by atoms with van der Waals surface area (Å²) in [7, 11) is 0. The van der Waals surface area contributed by atoms with E-state index in [0.717, 1.165) is 0 Å². The van der Waals surface area contributed by atoms with Crippen molar-refractivity contribution in [2.24, 2.45) is 0 Å². The third-order valence-electron chi connectivity index (χ3n) is 2.99. The third-order valence-corrected chi connectivity index (χ3v) is 3.62. The lowest BCUT2D eigenvalue weighted by Crippen LogP contribution is -2.16. The minimum absolute atomic E-state index is 0. The zero-order valence-corrected chi connectivity index (χ0v) is 15.0. The summed E-state index contributed by atoms with van der Waals surface area (Å²) >= 11 is 12.0. The molecule has 8 heteroatoms. The summed E-state index contributed by atoms with van der Waals surface area (Å²) in [5, 5.41) is 3.04. The van der Waals surface area contributed by atoms with Crippen LogP contribution in [0.4, 0.5) is 11.4 Å². The van der Waals surface area contributed by atoms with Gasteiger partial charge in [0.25, 0.3) is 5.91 Å². The standard InChI is InChI=1S/C16H14Cl2N2O3.ClH/c1-2-13(21)23-15-11(19)7-4-8-12(15)20-16(22)14-9(17)5-3-6-10(14)18;/h3-8H,2,19H2,1H3,(H,20,22);1H. The quantitative estimate of drug-likeness (QED) is 0.456. The molecule has 24 heavy (non-hydrogen) atoms. The number of para-hydroxylation sites is 1. The number of hydrogen-bond acceptors (Lipinski definition) is 4. The van der Waals surface area contributed by atoms with Crippen molar-refractivity contribution in [1.82, 2.24) is 0 Å². The van der Waals surface area contributed by atoms with E-state index in [-0.39, 0.29) is 51.6 Å². The lowest BCUT2D eigenvalue weighted by molar-refractivity contribution is -0.133. The van der Waals surface area contributed by atoms with Gasteiger partial charge in [-0.05, 0) is 24.3 Å². The number of carbonyl (C=O) groups is 2. The van der Waals surface area contributed by atoms with Crippen molar-refractivity contribution in [3.8, 4) is 5.75 Å². The van der Waals surface area contributed by atoms with E-state index in [1.807, 2.05) is 0 Å². The van der Waals surface area contributed by atoms with Crippen LogP contribution in [0.15, 0.2) is 36.4 Å². The highest BCUT2D eigenvalue weighted by atomic mass is 35.5. The van der Waals surface area contributed by atoms with Gasteiger partial charge in [-0.25, -0.2) is 0 Å². The van der Waals surface area contributed by atoms with Gasteiger partial charge in [0.2, 0.25) is 0 Å². The Morgan fingerprint density at radius 3 is 2.29 bits per heavy atom. The van der Waals surface area contributed by atoms with Crippen LogP contribution in [0.5, 0.6) is 5.75 Å². The SMILES string of the molecule is CCC(=O)Oc1c(N)cccc1NC(=O)c1c(Cl)cccc1Cl.Cl. The Bertz CT molecular complexity index is 746. The Morgan fingerprint density at radius 2 is 1.71 bits per heavy atom. The Balaban J connectivity index is 0.00000288. The Labute approximate surface area is 155 Å². The van der Waals surface area contributed by atoms with Gasteiger partial charge in [0.15, 0.2) is 5.75 Å². The predicted molar refractivity (Wildman–Crippen MR) is 98.4 cm³/mol. The number of nitrogens with two attached hydrogens (primary N) is 1. The second kappa shape index (κ2) is 8.78. The normalized spacial score (nSPS) is 9.79. The van der Waals surface area contributed by atoms with E-state index >= 15 is 0 Å². The van der Waals surface area contributed by atoms with Gasteiger partial charge in [0, 0.05) is 6.42 Å². The summed E-state index contributed by atoms with van der Waals surface area (Å²) in [6, 6.07) is 9.51. The fourth-order valence-corrected chi connectivity index (χ4v) is 2.42. The van der Waals surface area contributed by atoms with Crippen molar-refractivity contribution in [2.75, 3.05) is 11.1 Å². The second-order valence-corrected chi connectivity index (χ2v) is 5.42. The number of amides is 1. The molecule has 0 radical (unpaired) electrons. The first-order chi connectivity index (χ1) is 10.9. The summed E-state index contributed by atoms with van der Waals surface area (Å²) in [4.78, 5) is 23.9. The number of halogens is 3. The maximum atomic E-state index is 12.4. The van der Waals surface area contributed by atoms with Crippen molar-refractivity contribution >= 4 is 58.9 Å². The van der Waals surface area contributed by atoms with E-state index in [4.69, 9.17) is 33.7 Å². The summed E-state index contributed by atoms with van der Waals surface area (Å²) in [6.45, 7) is 1.66. The van der Waals surface area contributed by atoms with E-state index in [9.17, 15) is 9.59 Å². The molecule has 0 heterocycles. The molecule has 0 unspecified atom stereocenters. The molecule has 0 saturated carbocycles. The van der Waals surface area contributed by atoms with Crippen molar-refractivity contribution in [1.29, 1.82) is 0 Å². The molecule has 0 aliphatic rings. The van der Waals surface area contributed by atoms with Crippen LogP contribution in [-0.2, 0) is 4.79 Å². The van der Waals surface area contributed by atoms with Gasteiger partial charge in [0.05, 0.1) is 27.0 Å². The van der Waals surface area contributed by atoms with Gasteiger partial charge < -0.3 is 15.8 Å². The highest BCUT2D eigenvalue weighted by molar-refractivity contribution is 6.40. The predicted octanol–water partition coefficient (Wildman–Crippen LogP) is 4.57. The first-order valence-corrected chi connectivity index (χ1v) is 7.54. The monoisotopic (exact) mass is 388 g/mol. The zero-order chi connectivity index (χ0) is 17.0. The summed E-state index contributed by atoms with van der Waals surface area (Å²) < 4.78 is 5.18. The van der Waals surface area contributed by atoms with Gasteiger partial charge in [-0.15, -0.1) is 12.4 Å². The summed E-state index contributed by atoms with van der Waals surface area (Å²) in [5.41, 5.74) is 6.44. The third kappa shape index (κ3) is 4.54. The highest BCUT2D eigenvalue weighted by Crippen LogP contribution is 2.33. The maximum Gasteiger partial charge on any atom is 0.311 e. The molecule has 128 valence electrons. The number of benzene rings is 2. The number of nitrogen functional groups attached to an aromatic ring is 1. The minimum atomic E-state index is -0.528. The van der Waals surface area contributed by atoms with Gasteiger partial charge in [-0.2, -0.15) is 0 Å². The fraction of sp³-hybridized carbons (Fsp3) is 0.125. The van der Waals surface area contributed by atoms with Crippen molar-refractivity contribution < 1.29 is 14.3 Å². The second-order valence-electron chi connectivity index (χ2n) is 4.60. The molecule has 2 aromatic carbocycles. The van der Waals surface area contributed by atoms with Crippen molar-refractivity contribution in [2.45, 2.75) is 13.3 Å². The maximum absolute atomic E-state index is 12.4. The molecule has 0 aliphatic carbocycles. The first kappa shape index (κ1) is 20.1. The van der Waals surface area contributed by atoms with Crippen LogP contribution >= 0.6 is 35.6 Å². The first-order valence-electron chi connectivity index (χ1n) is 6.78. The van der Waals surface area contributed by atoms with E-state index in [0.29, 0.717) is 0 Å². The summed E-state index contributed by atoms with van der Waals surface area (Å²) in [6.07, 6.45) is 0.179. The fourth-order valence-electron chi connectivity index (χ4n) is 1.85. The molecule has 3 N–H and O–H groups in total. The molecule has 0 spiro atoms. The lowest BCUT2D eigenvalue weighted by Gasteiger charge is -2.14. The molecule has 2 rings (SSSR count). The van der Waals surface area contributed by atoms with Crippen LogP contribution in [0.1, 0.15) is 23.7 Å². The highest BCUT2D eigenvalue weighted by Gasteiger charge is 2.18. The Hall–Kier alpha value is -1.95. The molecule has 0 aliphatic heterocycles.